The summed E-state index contributed by atoms with van der Waals surface area (Å²) in [6, 6.07) is 82.8. The molecule has 5 amide bonds. The summed E-state index contributed by atoms with van der Waals surface area (Å²) in [6.45, 7) is 28.3. The third-order valence-electron chi connectivity index (χ3n) is 23.9. The third kappa shape index (κ3) is 25.4. The second kappa shape index (κ2) is 45.2. The van der Waals surface area contributed by atoms with Gasteiger partial charge in [0, 0.05) is 112 Å². The molecule has 10 aromatic rings. The van der Waals surface area contributed by atoms with Crippen LogP contribution in [0.2, 0.25) is 0 Å². The summed E-state index contributed by atoms with van der Waals surface area (Å²) in [5.41, 5.74) is 23.2. The van der Waals surface area contributed by atoms with Gasteiger partial charge in [0.1, 0.15) is 0 Å². The number of unbranched alkanes of at least 4 members (excludes halogenated alkanes) is 1. The van der Waals surface area contributed by atoms with E-state index < -0.39 is 0 Å². The summed E-state index contributed by atoms with van der Waals surface area (Å²) < 4.78 is 0. The number of carbonyl (C=O) groups excluding carboxylic acids is 5. The monoisotopic (exact) mass is 1620 g/mol. The maximum absolute atomic E-state index is 12.5. The average Bonchev–Trinajstić information content (AvgIpc) is 0.820. The number of alkyl halides is 1. The van der Waals surface area contributed by atoms with E-state index in [9.17, 15) is 24.0 Å². The van der Waals surface area contributed by atoms with E-state index in [1.54, 1.807) is 0 Å². The smallest absolute Gasteiger partial charge is 0.251 e. The molecule has 0 fully saturated rings. The van der Waals surface area contributed by atoms with Crippen molar-refractivity contribution in [2.75, 3.05) is 105 Å². The molecule has 5 aliphatic heterocycles. The molecule has 5 atom stereocenters. The molecule has 0 aliphatic carbocycles. The van der Waals surface area contributed by atoms with Crippen LogP contribution in [0.25, 0.3) is 0 Å². The highest BCUT2D eigenvalue weighted by molar-refractivity contribution is 6.18. The van der Waals surface area contributed by atoms with Gasteiger partial charge in [0.15, 0.2) is 0 Å². The molecule has 15 nitrogen and oxygen atoms in total. The summed E-state index contributed by atoms with van der Waals surface area (Å²) in [5.74, 6) is 1.21. The van der Waals surface area contributed by atoms with E-state index >= 15 is 0 Å². The van der Waals surface area contributed by atoms with Gasteiger partial charge in [-0.1, -0.05) is 238 Å². The predicted molar refractivity (Wildman–Crippen MR) is 487 cm³/mol. The van der Waals surface area contributed by atoms with Crippen molar-refractivity contribution in [1.29, 1.82) is 0 Å². The minimum Gasteiger partial charge on any atom is -0.350 e. The van der Waals surface area contributed by atoms with Gasteiger partial charge in [-0.3, -0.25) is 48.5 Å². The Morgan fingerprint density at radius 2 is 0.588 bits per heavy atom. The highest BCUT2D eigenvalue weighted by atomic mass is 35.5. The fourth-order valence-electron chi connectivity index (χ4n) is 16.8. The van der Waals surface area contributed by atoms with Crippen LogP contribution >= 0.6 is 11.6 Å². The van der Waals surface area contributed by atoms with Crippen LogP contribution in [-0.2, 0) is 38.5 Å². The molecule has 0 saturated carbocycles. The molecular weight excluding hydrogens is 1490 g/mol. The lowest BCUT2D eigenvalue weighted by molar-refractivity contribution is 0.0917. The molecule has 5 N–H and O–H groups in total. The first-order chi connectivity index (χ1) is 57.7. The molecule has 0 saturated heterocycles. The molecule has 15 rings (SSSR count). The number of benzene rings is 10. The standard InChI is InChI=1S/2C22H28N2O.C20H23ClN2O.C20H24N2O.C19H22N2O/c1-16(2)15-24-13-12-18-6-4-5-7-20(18)21(24)14-23-22(25)19-10-8-17(3)9-11-19;1-3-4-14-24-15-13-18-7-5-6-8-20(18)21(24)16-23-22(25)19-11-9-17(2)10-12-19;1-15-6-8-17(9-7-15)20(24)22-14-19-18-5-3-2-4-16(18)10-12-23(19)13-11-21;1-3-15-8-10-17(11-9-15)20(23)21-14-19-18-7-5-4-6-16(18)12-13-22(19)2;1-14-7-9-16(10-8-14)19(22)20-13-18-17-6-4-3-5-15(17)11-12-21(18)2/h4-11,16,21H,12-15H2,1-3H3,(H,23,25);5-12,21H,3-4,13-16H2,1-2H3,(H,23,25);2-9,19H,10-14H2,1H3,(H,22,24);4-11,19H,3,12-14H2,1-2H3,(H,21,23);3-10,18H,11-13H2,1-2H3,(H,20,22). The van der Waals surface area contributed by atoms with Crippen LogP contribution in [0.5, 0.6) is 0 Å². The van der Waals surface area contributed by atoms with Crippen molar-refractivity contribution >= 4 is 41.1 Å². The molecule has 119 heavy (non-hydrogen) atoms. The largest absolute Gasteiger partial charge is 0.350 e. The molecule has 16 heteroatoms. The van der Waals surface area contributed by atoms with E-state index in [1.807, 2.05) is 149 Å². The van der Waals surface area contributed by atoms with Gasteiger partial charge in [-0.05, 0) is 221 Å². The fraction of sp³-hybridized carbons (Fsp3) is 0.369. The predicted octanol–water partition coefficient (Wildman–Crippen LogP) is 17.8. The minimum atomic E-state index is -0.0242. The molecule has 624 valence electrons. The summed E-state index contributed by atoms with van der Waals surface area (Å²) in [6.07, 6.45) is 8.77. The summed E-state index contributed by atoms with van der Waals surface area (Å²) in [5, 5.41) is 15.6. The molecule has 5 heterocycles. The Bertz CT molecular complexity index is 4900. The number of hydrogen-bond acceptors (Lipinski definition) is 10. The third-order valence-corrected chi connectivity index (χ3v) is 24.0. The van der Waals surface area contributed by atoms with Crippen molar-refractivity contribution in [2.45, 2.75) is 137 Å². The molecule has 0 aromatic heterocycles. The molecule has 10 aromatic carbocycles. The van der Waals surface area contributed by atoms with Crippen LogP contribution in [0.1, 0.15) is 206 Å². The Hall–Kier alpha value is -10.4. The van der Waals surface area contributed by atoms with Crippen molar-refractivity contribution < 1.29 is 24.0 Å². The van der Waals surface area contributed by atoms with Crippen LogP contribution < -0.4 is 26.6 Å². The Morgan fingerprint density at radius 1 is 0.336 bits per heavy atom. The normalized spacial score (nSPS) is 17.4. The van der Waals surface area contributed by atoms with Crippen molar-refractivity contribution in [3.63, 3.8) is 0 Å². The number of nitrogens with zero attached hydrogens (tertiary/aromatic N) is 5. The number of nitrogens with one attached hydrogen (secondary N) is 5. The van der Waals surface area contributed by atoms with E-state index in [0.29, 0.717) is 50.1 Å². The first-order valence-electron chi connectivity index (χ1n) is 43.1. The second-order valence-electron chi connectivity index (χ2n) is 32.9. The summed E-state index contributed by atoms with van der Waals surface area (Å²) >= 11 is 5.97. The topological polar surface area (TPSA) is 162 Å². The van der Waals surface area contributed by atoms with Crippen molar-refractivity contribution in [1.82, 2.24) is 51.1 Å². The number of amides is 5. The number of aryl methyl sites for hydroxylation is 5. The van der Waals surface area contributed by atoms with Crippen LogP contribution in [-0.4, -0.2) is 159 Å². The van der Waals surface area contributed by atoms with Crippen LogP contribution in [0.15, 0.2) is 243 Å². The van der Waals surface area contributed by atoms with E-state index in [4.69, 9.17) is 11.6 Å². The molecule has 5 aliphatic rings. The van der Waals surface area contributed by atoms with Gasteiger partial charge in [-0.2, -0.15) is 0 Å². The number of carbonyl (C=O) groups is 5. The highest BCUT2D eigenvalue weighted by Gasteiger charge is 2.32. The molecule has 5 unspecified atom stereocenters. The maximum Gasteiger partial charge on any atom is 0.251 e. The van der Waals surface area contributed by atoms with E-state index in [-0.39, 0.29) is 59.7 Å². The number of halogens is 1. The lowest BCUT2D eigenvalue weighted by Crippen LogP contribution is -2.43. The SMILES string of the molecule is CCCCN1CCc2ccccc2C1CNC(=O)c1ccc(C)cc1.CCc1ccc(C(=O)NCC2c3ccccc3CCN2C)cc1.Cc1ccc(C(=O)NCC2c3ccccc3CCN2C)cc1.Cc1ccc(C(=O)NCC2c3ccccc3CCN2CC(C)C)cc1.Cc1ccc(C(=O)NCC2c3ccccc3CCN2CCCl)cc1. The molecular formula is C103H125ClN10O5. The average molecular weight is 1620 g/mol. The van der Waals surface area contributed by atoms with Gasteiger partial charge >= 0.3 is 0 Å². The van der Waals surface area contributed by atoms with Gasteiger partial charge < -0.3 is 26.6 Å². The number of fused-ring (bicyclic) bond motifs is 5. The van der Waals surface area contributed by atoms with Crippen molar-refractivity contribution in [3.05, 3.63) is 354 Å². The van der Waals surface area contributed by atoms with E-state index in [2.05, 4.69) is 214 Å². The zero-order chi connectivity index (χ0) is 84.2. The van der Waals surface area contributed by atoms with Crippen molar-refractivity contribution in [3.8, 4) is 0 Å². The number of rotatable bonds is 23. The zero-order valence-electron chi connectivity index (χ0n) is 71.8. The first-order valence-corrected chi connectivity index (χ1v) is 43.6. The maximum atomic E-state index is 12.5. The van der Waals surface area contributed by atoms with E-state index in [1.165, 1.54) is 85.2 Å². The zero-order valence-corrected chi connectivity index (χ0v) is 72.5. The Labute approximate surface area is 713 Å². The van der Waals surface area contributed by atoms with Gasteiger partial charge in [-0.25, -0.2) is 0 Å². The first kappa shape index (κ1) is 89.4. The van der Waals surface area contributed by atoms with Gasteiger partial charge in [0.25, 0.3) is 29.5 Å². The van der Waals surface area contributed by atoms with Crippen LogP contribution in [0.3, 0.4) is 0 Å². The minimum absolute atomic E-state index is 0.00328. The lowest BCUT2D eigenvalue weighted by atomic mass is 9.91. The Kier molecular flexibility index (Phi) is 33.9. The van der Waals surface area contributed by atoms with Gasteiger partial charge in [0.05, 0.1) is 30.2 Å². The Balaban J connectivity index is 0.000000146. The van der Waals surface area contributed by atoms with Gasteiger partial charge in [0.2, 0.25) is 0 Å². The summed E-state index contributed by atoms with van der Waals surface area (Å²) in [7, 11) is 4.25. The quantitative estimate of drug-likeness (QED) is 0.0390. The Morgan fingerprint density at radius 3 is 0.874 bits per heavy atom. The number of hydrogen-bond donors (Lipinski definition) is 5. The molecule has 0 bridgehead atoms. The van der Waals surface area contributed by atoms with Crippen molar-refractivity contribution in [2.24, 2.45) is 5.92 Å². The lowest BCUT2D eigenvalue weighted by Gasteiger charge is -2.38. The highest BCUT2D eigenvalue weighted by Crippen LogP contribution is 2.35. The van der Waals surface area contributed by atoms with Gasteiger partial charge in [-0.15, -0.1) is 11.6 Å². The summed E-state index contributed by atoms with van der Waals surface area (Å²) in [4.78, 5) is 74.1. The van der Waals surface area contributed by atoms with Crippen LogP contribution in [0.4, 0.5) is 0 Å². The second-order valence-corrected chi connectivity index (χ2v) is 33.2. The van der Waals surface area contributed by atoms with E-state index in [0.717, 1.165) is 124 Å². The molecule has 0 radical (unpaired) electrons. The van der Waals surface area contributed by atoms with Crippen LogP contribution in [0, 0.1) is 33.6 Å². The fourth-order valence-corrected chi connectivity index (χ4v) is 17.0. The molecule has 0 spiro atoms. The number of likely N-dealkylation sites (N-methyl/N-ethyl adjacent to an activating group) is 2.